The van der Waals surface area contributed by atoms with Gasteiger partial charge in [0.2, 0.25) is 5.91 Å². The molecule has 0 aliphatic heterocycles. The molecular formula is C28H23N3O3S. The van der Waals surface area contributed by atoms with Crippen LogP contribution in [0, 0.1) is 11.3 Å². The van der Waals surface area contributed by atoms with Crippen molar-refractivity contribution in [1.29, 1.82) is 5.26 Å². The summed E-state index contributed by atoms with van der Waals surface area (Å²) in [6, 6.07) is 28.4. The molecule has 1 amide bonds. The maximum Gasteiger partial charge on any atom is 0.235 e. The molecule has 0 fully saturated rings. The van der Waals surface area contributed by atoms with Crippen LogP contribution in [0.15, 0.2) is 90.0 Å². The summed E-state index contributed by atoms with van der Waals surface area (Å²) in [5.74, 6) is 0.933. The lowest BCUT2D eigenvalue weighted by Crippen LogP contribution is -2.19. The van der Waals surface area contributed by atoms with E-state index in [2.05, 4.69) is 6.07 Å². The first kappa shape index (κ1) is 23.9. The van der Waals surface area contributed by atoms with Crippen LogP contribution >= 0.6 is 11.8 Å². The minimum Gasteiger partial charge on any atom is -0.497 e. The number of nitrogens with two attached hydrogens (primary N) is 1. The molecule has 0 bridgehead atoms. The number of hydrogen-bond donors (Lipinski definition) is 1. The zero-order chi connectivity index (χ0) is 24.8. The Hall–Kier alpha value is -4.28. The van der Waals surface area contributed by atoms with Crippen LogP contribution in [-0.4, -0.2) is 25.1 Å². The van der Waals surface area contributed by atoms with Crippen molar-refractivity contribution in [3.05, 3.63) is 96.1 Å². The van der Waals surface area contributed by atoms with Gasteiger partial charge >= 0.3 is 0 Å². The van der Waals surface area contributed by atoms with Gasteiger partial charge in [-0.15, -0.1) is 0 Å². The molecule has 0 radical (unpaired) electrons. The number of carbonyl (C=O) groups is 1. The molecule has 4 aromatic rings. The summed E-state index contributed by atoms with van der Waals surface area (Å²) in [7, 11) is 3.21. The second-order valence-corrected chi connectivity index (χ2v) is 8.71. The first-order valence-electron chi connectivity index (χ1n) is 10.8. The summed E-state index contributed by atoms with van der Waals surface area (Å²) in [4.78, 5) is 17.2. The number of amides is 1. The Labute approximate surface area is 208 Å². The third kappa shape index (κ3) is 5.29. The Kier molecular flexibility index (Phi) is 7.34. The van der Waals surface area contributed by atoms with E-state index in [1.807, 2.05) is 84.9 Å². The Morgan fingerprint density at radius 1 is 0.914 bits per heavy atom. The largest absolute Gasteiger partial charge is 0.497 e. The van der Waals surface area contributed by atoms with Crippen molar-refractivity contribution in [2.24, 2.45) is 5.73 Å². The molecule has 0 saturated heterocycles. The summed E-state index contributed by atoms with van der Waals surface area (Å²) in [6.07, 6.45) is 0. The molecule has 1 heterocycles. The van der Waals surface area contributed by atoms with E-state index in [4.69, 9.17) is 20.2 Å². The van der Waals surface area contributed by atoms with E-state index in [9.17, 15) is 10.1 Å². The van der Waals surface area contributed by atoms with E-state index in [-0.39, 0.29) is 0 Å². The summed E-state index contributed by atoms with van der Waals surface area (Å²) in [5.41, 5.74) is 9.94. The number of nitriles is 1. The van der Waals surface area contributed by atoms with Gasteiger partial charge in [0.25, 0.3) is 0 Å². The molecule has 6 nitrogen and oxygen atoms in total. The van der Waals surface area contributed by atoms with Gasteiger partial charge in [-0.25, -0.2) is 4.98 Å². The van der Waals surface area contributed by atoms with Crippen LogP contribution in [0.4, 0.5) is 0 Å². The Balaban J connectivity index is 1.89. The molecule has 1 atom stereocenters. The topological polar surface area (TPSA) is 98.2 Å². The number of rotatable bonds is 8. The van der Waals surface area contributed by atoms with Gasteiger partial charge < -0.3 is 15.2 Å². The van der Waals surface area contributed by atoms with Gasteiger partial charge in [-0.05, 0) is 53.6 Å². The summed E-state index contributed by atoms with van der Waals surface area (Å²) >= 11 is 1.18. The van der Waals surface area contributed by atoms with Gasteiger partial charge in [0, 0.05) is 11.1 Å². The highest BCUT2D eigenvalue weighted by molar-refractivity contribution is 8.00. The molecule has 3 aromatic carbocycles. The van der Waals surface area contributed by atoms with Crippen molar-refractivity contribution < 1.29 is 14.3 Å². The molecule has 2 N–H and O–H groups in total. The lowest BCUT2D eigenvalue weighted by Gasteiger charge is -2.17. The maximum absolute atomic E-state index is 12.4. The minimum atomic E-state index is -0.703. The van der Waals surface area contributed by atoms with Crippen molar-refractivity contribution in [3.8, 4) is 40.0 Å². The zero-order valence-electron chi connectivity index (χ0n) is 19.3. The molecule has 0 aliphatic carbocycles. The Morgan fingerprint density at radius 2 is 1.49 bits per heavy atom. The van der Waals surface area contributed by atoms with E-state index in [0.29, 0.717) is 27.6 Å². The second kappa shape index (κ2) is 10.8. The van der Waals surface area contributed by atoms with E-state index in [1.165, 1.54) is 11.8 Å². The number of aromatic nitrogens is 1. The third-order valence-corrected chi connectivity index (χ3v) is 6.73. The normalized spacial score (nSPS) is 11.3. The van der Waals surface area contributed by atoms with E-state index >= 15 is 0 Å². The first-order valence-corrected chi connectivity index (χ1v) is 11.7. The number of primary amides is 1. The third-order valence-electron chi connectivity index (χ3n) is 5.48. The van der Waals surface area contributed by atoms with E-state index in [0.717, 1.165) is 22.4 Å². The lowest BCUT2D eigenvalue weighted by molar-refractivity contribution is -0.117. The minimum absolute atomic E-state index is 0.375. The number of carbonyl (C=O) groups excluding carboxylic acids is 1. The fraction of sp³-hybridized carbons (Fsp3) is 0.107. The van der Waals surface area contributed by atoms with Gasteiger partial charge in [-0.3, -0.25) is 4.79 Å². The number of ether oxygens (including phenoxy) is 2. The van der Waals surface area contributed by atoms with Crippen molar-refractivity contribution in [2.45, 2.75) is 10.3 Å². The molecule has 0 spiro atoms. The van der Waals surface area contributed by atoms with E-state index < -0.39 is 11.2 Å². The zero-order valence-corrected chi connectivity index (χ0v) is 20.1. The summed E-state index contributed by atoms with van der Waals surface area (Å²) in [6.45, 7) is 0. The van der Waals surface area contributed by atoms with Crippen molar-refractivity contribution in [1.82, 2.24) is 4.98 Å². The van der Waals surface area contributed by atoms with Crippen LogP contribution in [0.3, 0.4) is 0 Å². The van der Waals surface area contributed by atoms with Crippen molar-refractivity contribution >= 4 is 17.7 Å². The van der Waals surface area contributed by atoms with Crippen LogP contribution in [0.25, 0.3) is 22.4 Å². The highest BCUT2D eigenvalue weighted by Gasteiger charge is 2.24. The van der Waals surface area contributed by atoms with Crippen LogP contribution in [0.5, 0.6) is 11.5 Å². The van der Waals surface area contributed by atoms with Gasteiger partial charge in [-0.1, -0.05) is 54.2 Å². The van der Waals surface area contributed by atoms with Gasteiger partial charge in [0.15, 0.2) is 0 Å². The fourth-order valence-electron chi connectivity index (χ4n) is 3.65. The monoisotopic (exact) mass is 481 g/mol. The summed E-state index contributed by atoms with van der Waals surface area (Å²) < 4.78 is 10.6. The Morgan fingerprint density at radius 3 is 2.00 bits per heavy atom. The molecule has 7 heteroatoms. The van der Waals surface area contributed by atoms with Crippen LogP contribution in [0.2, 0.25) is 0 Å². The number of pyridine rings is 1. The van der Waals surface area contributed by atoms with Crippen LogP contribution in [-0.2, 0) is 4.79 Å². The highest BCUT2D eigenvalue weighted by Crippen LogP contribution is 2.40. The number of nitrogens with zero attached hydrogens (tertiary/aromatic N) is 2. The predicted molar refractivity (Wildman–Crippen MR) is 137 cm³/mol. The number of hydrogen-bond acceptors (Lipinski definition) is 6. The van der Waals surface area contributed by atoms with Gasteiger partial charge in [0.05, 0.1) is 25.5 Å². The number of methoxy groups -OCH3 is 2. The molecule has 0 unspecified atom stereocenters. The molecule has 35 heavy (non-hydrogen) atoms. The molecule has 0 saturated carbocycles. The maximum atomic E-state index is 12.4. The molecule has 0 aliphatic rings. The smallest absolute Gasteiger partial charge is 0.235 e. The summed E-state index contributed by atoms with van der Waals surface area (Å²) in [5, 5.41) is 9.88. The molecular weight excluding hydrogens is 458 g/mol. The SMILES string of the molecule is COc1ccc(-c2cc(-c3ccc(OC)cc3)c(C#N)c(S[C@@H](C(N)=O)c3ccccc3)n2)cc1. The molecule has 4 rings (SSSR count). The first-order chi connectivity index (χ1) is 17.0. The van der Waals surface area contributed by atoms with Crippen molar-refractivity contribution in [2.75, 3.05) is 14.2 Å². The van der Waals surface area contributed by atoms with Gasteiger partial charge in [-0.2, -0.15) is 5.26 Å². The number of thioether (sulfide) groups is 1. The number of benzene rings is 3. The Bertz CT molecular complexity index is 1370. The standard InChI is InChI=1S/C28H23N3O3S/c1-33-21-12-8-18(9-13-21)23-16-25(19-10-14-22(34-2)15-11-19)31-28(24(23)17-29)35-26(27(30)32)20-6-4-3-5-7-20/h3-16,26H,1-2H3,(H2,30,32)/t26-/m1/s1. The van der Waals surface area contributed by atoms with Crippen LogP contribution < -0.4 is 15.2 Å². The predicted octanol–water partition coefficient (Wildman–Crippen LogP) is 5.62. The lowest BCUT2D eigenvalue weighted by atomic mass is 9.99. The molecule has 174 valence electrons. The van der Waals surface area contributed by atoms with Crippen LogP contribution in [0.1, 0.15) is 16.4 Å². The average Bonchev–Trinajstić information content (AvgIpc) is 2.91. The van der Waals surface area contributed by atoms with Crippen molar-refractivity contribution in [3.63, 3.8) is 0 Å². The average molecular weight is 482 g/mol. The highest BCUT2D eigenvalue weighted by atomic mass is 32.2. The quantitative estimate of drug-likeness (QED) is 0.328. The second-order valence-electron chi connectivity index (χ2n) is 7.61. The van der Waals surface area contributed by atoms with Gasteiger partial charge in [0.1, 0.15) is 27.8 Å². The fourth-order valence-corrected chi connectivity index (χ4v) is 4.71. The van der Waals surface area contributed by atoms with E-state index in [1.54, 1.807) is 14.2 Å². The molecule has 1 aromatic heterocycles.